The highest BCUT2D eigenvalue weighted by atomic mass is 19.4. The largest absolute Gasteiger partial charge is 0.479 e. The zero-order valence-corrected chi connectivity index (χ0v) is 14.4. The molecule has 0 radical (unpaired) electrons. The van der Waals surface area contributed by atoms with E-state index in [4.69, 9.17) is 4.74 Å². The second kappa shape index (κ2) is 7.30. The fourth-order valence-corrected chi connectivity index (χ4v) is 2.80. The smallest absolute Gasteiger partial charge is 0.416 e. The molecule has 1 heterocycles. The topological polar surface area (TPSA) is 58.6 Å². The van der Waals surface area contributed by atoms with E-state index in [-0.39, 0.29) is 24.6 Å². The number of hydrogen-bond donors (Lipinski definition) is 1. The van der Waals surface area contributed by atoms with E-state index in [1.807, 2.05) is 0 Å². The number of para-hydroxylation sites is 2. The summed E-state index contributed by atoms with van der Waals surface area (Å²) in [6, 6.07) is 11.4. The molecule has 0 fully saturated rings. The van der Waals surface area contributed by atoms with Crippen LogP contribution in [0.15, 0.2) is 48.5 Å². The predicted octanol–water partition coefficient (Wildman–Crippen LogP) is 3.85. The van der Waals surface area contributed by atoms with Crippen LogP contribution in [0.3, 0.4) is 0 Å². The maximum absolute atomic E-state index is 12.7. The van der Waals surface area contributed by atoms with Gasteiger partial charge in [0.2, 0.25) is 5.91 Å². The van der Waals surface area contributed by atoms with Crippen LogP contribution < -0.4 is 15.0 Å². The molecule has 0 aromatic heterocycles. The number of fused-ring (bicyclic) bond motifs is 1. The van der Waals surface area contributed by atoms with Crippen molar-refractivity contribution in [3.63, 3.8) is 0 Å². The minimum absolute atomic E-state index is 0.0527. The van der Waals surface area contributed by atoms with Gasteiger partial charge in [0.05, 0.1) is 11.3 Å². The molecule has 0 aliphatic carbocycles. The summed E-state index contributed by atoms with van der Waals surface area (Å²) in [7, 11) is 0. The fourth-order valence-electron chi connectivity index (χ4n) is 2.80. The van der Waals surface area contributed by atoms with Crippen molar-refractivity contribution in [2.24, 2.45) is 0 Å². The second-order valence-corrected chi connectivity index (χ2v) is 6.09. The van der Waals surface area contributed by atoms with Crippen molar-refractivity contribution in [2.75, 3.05) is 16.8 Å². The van der Waals surface area contributed by atoms with Crippen LogP contribution in [0.4, 0.5) is 24.5 Å². The predicted molar refractivity (Wildman–Crippen MR) is 93.6 cm³/mol. The van der Waals surface area contributed by atoms with E-state index < -0.39 is 23.8 Å². The van der Waals surface area contributed by atoms with E-state index in [2.05, 4.69) is 5.32 Å². The summed E-state index contributed by atoms with van der Waals surface area (Å²) in [4.78, 5) is 26.0. The lowest BCUT2D eigenvalue weighted by Crippen LogP contribution is -2.45. The molecule has 1 N–H and O–H groups in total. The van der Waals surface area contributed by atoms with Crippen LogP contribution in [0.1, 0.15) is 18.9 Å². The Bertz CT molecular complexity index is 867. The summed E-state index contributed by atoms with van der Waals surface area (Å²) in [6.07, 6.45) is -5.23. The highest BCUT2D eigenvalue weighted by Crippen LogP contribution is 2.34. The van der Waals surface area contributed by atoms with Gasteiger partial charge in [-0.15, -0.1) is 0 Å². The fraction of sp³-hybridized carbons (Fsp3) is 0.263. The molecule has 2 aromatic carbocycles. The minimum atomic E-state index is -4.49. The average molecular weight is 378 g/mol. The Hall–Kier alpha value is -3.03. The lowest BCUT2D eigenvalue weighted by atomic mass is 10.1. The third kappa shape index (κ3) is 4.21. The Morgan fingerprint density at radius 1 is 1.19 bits per heavy atom. The lowest BCUT2D eigenvalue weighted by Gasteiger charge is -2.32. The number of rotatable bonds is 4. The van der Waals surface area contributed by atoms with Crippen molar-refractivity contribution < 1.29 is 27.5 Å². The molecular formula is C19H17F3N2O3. The van der Waals surface area contributed by atoms with Crippen LogP contribution in [0.25, 0.3) is 0 Å². The van der Waals surface area contributed by atoms with Crippen LogP contribution in [-0.2, 0) is 15.8 Å². The van der Waals surface area contributed by atoms with Gasteiger partial charge in [-0.1, -0.05) is 18.2 Å². The number of halogens is 3. The van der Waals surface area contributed by atoms with Gasteiger partial charge >= 0.3 is 6.18 Å². The highest BCUT2D eigenvalue weighted by Gasteiger charge is 2.32. The number of ether oxygens (including phenoxy) is 1. The van der Waals surface area contributed by atoms with E-state index in [0.717, 1.165) is 12.1 Å². The van der Waals surface area contributed by atoms with Crippen molar-refractivity contribution >= 4 is 23.2 Å². The Kier molecular flexibility index (Phi) is 5.07. The van der Waals surface area contributed by atoms with Gasteiger partial charge in [0.1, 0.15) is 5.75 Å². The van der Waals surface area contributed by atoms with E-state index in [1.54, 1.807) is 31.2 Å². The van der Waals surface area contributed by atoms with E-state index >= 15 is 0 Å². The second-order valence-electron chi connectivity index (χ2n) is 6.09. The van der Waals surface area contributed by atoms with Crippen molar-refractivity contribution in [1.29, 1.82) is 0 Å². The Balaban J connectivity index is 1.67. The number of alkyl halides is 3. The zero-order chi connectivity index (χ0) is 19.6. The molecule has 8 heteroatoms. The number of anilines is 2. The Morgan fingerprint density at radius 2 is 1.93 bits per heavy atom. The van der Waals surface area contributed by atoms with Gasteiger partial charge in [0.25, 0.3) is 5.91 Å². The first-order valence-corrected chi connectivity index (χ1v) is 8.30. The molecular weight excluding hydrogens is 361 g/mol. The molecule has 1 atom stereocenters. The first kappa shape index (κ1) is 18.8. The summed E-state index contributed by atoms with van der Waals surface area (Å²) in [5.41, 5.74) is -0.226. The number of nitrogens with zero attached hydrogens (tertiary/aromatic N) is 1. The minimum Gasteiger partial charge on any atom is -0.479 e. The zero-order valence-electron chi connectivity index (χ0n) is 14.4. The average Bonchev–Trinajstić information content (AvgIpc) is 2.61. The molecule has 1 aliphatic heterocycles. The third-order valence-corrected chi connectivity index (χ3v) is 4.11. The Morgan fingerprint density at radius 3 is 2.67 bits per heavy atom. The SMILES string of the molecule is CC1Oc2ccccc2N(CCC(=O)Nc2cccc(C(F)(F)F)c2)C1=O. The number of hydrogen-bond acceptors (Lipinski definition) is 3. The van der Waals surface area contributed by atoms with Gasteiger partial charge in [-0.2, -0.15) is 13.2 Å². The molecule has 0 bridgehead atoms. The standard InChI is InChI=1S/C19H17F3N2O3/c1-12-18(26)24(15-7-2-3-8-16(15)27-12)10-9-17(25)23-14-6-4-5-13(11-14)19(20,21)22/h2-8,11-12H,9-10H2,1H3,(H,23,25). The molecule has 1 aliphatic rings. The van der Waals surface area contributed by atoms with Crippen LogP contribution in [-0.4, -0.2) is 24.5 Å². The van der Waals surface area contributed by atoms with Crippen molar-refractivity contribution in [2.45, 2.75) is 25.6 Å². The number of nitrogens with one attached hydrogen (secondary N) is 1. The molecule has 3 rings (SSSR count). The molecule has 1 unspecified atom stereocenters. The quantitative estimate of drug-likeness (QED) is 0.879. The van der Waals surface area contributed by atoms with Crippen LogP contribution >= 0.6 is 0 Å². The van der Waals surface area contributed by atoms with Crippen LogP contribution in [0.5, 0.6) is 5.75 Å². The summed E-state index contributed by atoms with van der Waals surface area (Å²) < 4.78 is 43.8. The highest BCUT2D eigenvalue weighted by molar-refractivity contribution is 6.00. The number of amides is 2. The van der Waals surface area contributed by atoms with Crippen molar-refractivity contribution in [3.8, 4) is 5.75 Å². The number of benzene rings is 2. The Labute approximate surface area is 153 Å². The van der Waals surface area contributed by atoms with Gasteiger partial charge in [-0.05, 0) is 37.3 Å². The molecule has 2 amide bonds. The van der Waals surface area contributed by atoms with Gasteiger partial charge in [0.15, 0.2) is 6.10 Å². The summed E-state index contributed by atoms with van der Waals surface area (Å²) in [5, 5.41) is 2.44. The monoisotopic (exact) mass is 378 g/mol. The first-order valence-electron chi connectivity index (χ1n) is 8.30. The molecule has 27 heavy (non-hydrogen) atoms. The number of carbonyl (C=O) groups is 2. The van der Waals surface area contributed by atoms with Crippen molar-refractivity contribution in [1.82, 2.24) is 0 Å². The molecule has 0 saturated carbocycles. The maximum Gasteiger partial charge on any atom is 0.416 e. The third-order valence-electron chi connectivity index (χ3n) is 4.11. The molecule has 0 saturated heterocycles. The molecule has 2 aromatic rings. The van der Waals surface area contributed by atoms with E-state index in [9.17, 15) is 22.8 Å². The van der Waals surface area contributed by atoms with Gasteiger partial charge in [0, 0.05) is 18.7 Å². The molecule has 0 spiro atoms. The normalized spacial score (nSPS) is 16.5. The lowest BCUT2D eigenvalue weighted by molar-refractivity contribution is -0.137. The van der Waals surface area contributed by atoms with Gasteiger partial charge in [-0.3, -0.25) is 9.59 Å². The molecule has 5 nitrogen and oxygen atoms in total. The van der Waals surface area contributed by atoms with E-state index in [0.29, 0.717) is 11.4 Å². The van der Waals surface area contributed by atoms with Crippen LogP contribution in [0.2, 0.25) is 0 Å². The van der Waals surface area contributed by atoms with E-state index in [1.165, 1.54) is 17.0 Å². The summed E-state index contributed by atoms with van der Waals surface area (Å²) in [6.45, 7) is 1.71. The van der Waals surface area contributed by atoms with Gasteiger partial charge < -0.3 is 15.0 Å². The van der Waals surface area contributed by atoms with Crippen LogP contribution in [0, 0.1) is 0 Å². The maximum atomic E-state index is 12.7. The summed E-state index contributed by atoms with van der Waals surface area (Å²) >= 11 is 0. The van der Waals surface area contributed by atoms with Crippen molar-refractivity contribution in [3.05, 3.63) is 54.1 Å². The molecule has 142 valence electrons. The first-order chi connectivity index (χ1) is 12.8. The van der Waals surface area contributed by atoms with Gasteiger partial charge in [-0.25, -0.2) is 0 Å². The summed E-state index contributed by atoms with van der Waals surface area (Å²) in [5.74, 6) is -0.220. The number of carbonyl (C=O) groups excluding carboxylic acids is 2.